The minimum atomic E-state index is -0.364. The van der Waals surface area contributed by atoms with E-state index in [9.17, 15) is 9.59 Å². The van der Waals surface area contributed by atoms with Crippen molar-refractivity contribution in [2.24, 2.45) is 0 Å². The maximum absolute atomic E-state index is 11.7. The molecule has 0 saturated heterocycles. The van der Waals surface area contributed by atoms with Crippen LogP contribution in [-0.2, 0) is 20.9 Å². The summed E-state index contributed by atoms with van der Waals surface area (Å²) in [4.78, 5) is 23.2. The van der Waals surface area contributed by atoms with Crippen molar-refractivity contribution in [1.29, 1.82) is 0 Å². The number of rotatable bonds is 7. The number of amides is 1. The van der Waals surface area contributed by atoms with Gasteiger partial charge in [0, 0.05) is 24.3 Å². The highest BCUT2D eigenvalue weighted by molar-refractivity contribution is 5.81. The Kier molecular flexibility index (Phi) is 5.58. The first-order valence-corrected chi connectivity index (χ1v) is 7.59. The maximum atomic E-state index is 11.7. The molecular formula is C17H22N2O3. The van der Waals surface area contributed by atoms with E-state index in [4.69, 9.17) is 4.74 Å². The third-order valence-electron chi connectivity index (χ3n) is 3.62. The third kappa shape index (κ3) is 4.35. The average Bonchev–Trinajstić information content (AvgIpc) is 2.94. The predicted octanol–water partition coefficient (Wildman–Crippen LogP) is 2.49. The molecule has 1 atom stereocenters. The molecule has 5 nitrogen and oxygen atoms in total. The molecule has 118 valence electrons. The predicted molar refractivity (Wildman–Crippen MR) is 85.4 cm³/mol. The van der Waals surface area contributed by atoms with Gasteiger partial charge in [0.1, 0.15) is 0 Å². The molecule has 0 saturated carbocycles. The van der Waals surface area contributed by atoms with Crippen LogP contribution in [0, 0.1) is 0 Å². The van der Waals surface area contributed by atoms with Crippen molar-refractivity contribution in [2.75, 3.05) is 6.61 Å². The number of esters is 1. The largest absolute Gasteiger partial charge is 0.456 e. The van der Waals surface area contributed by atoms with Crippen molar-refractivity contribution >= 4 is 22.8 Å². The monoisotopic (exact) mass is 302 g/mol. The Hall–Kier alpha value is -2.30. The molecule has 0 fully saturated rings. The Morgan fingerprint density at radius 1 is 1.27 bits per heavy atom. The summed E-state index contributed by atoms with van der Waals surface area (Å²) in [6.07, 6.45) is 3.04. The summed E-state index contributed by atoms with van der Waals surface area (Å²) in [5.41, 5.74) is 1.09. The van der Waals surface area contributed by atoms with Crippen LogP contribution in [0.25, 0.3) is 10.9 Å². The number of para-hydroxylation sites is 1. The molecule has 2 aromatic rings. The third-order valence-corrected chi connectivity index (χ3v) is 3.62. The zero-order valence-corrected chi connectivity index (χ0v) is 13.0. The number of aromatic nitrogens is 1. The van der Waals surface area contributed by atoms with Gasteiger partial charge in [0.05, 0.1) is 6.42 Å². The first kappa shape index (κ1) is 16.1. The number of benzene rings is 1. The molecule has 1 unspecified atom stereocenters. The molecule has 0 bridgehead atoms. The lowest BCUT2D eigenvalue weighted by atomic mass is 10.2. The minimum absolute atomic E-state index is 0.0949. The van der Waals surface area contributed by atoms with Crippen LogP contribution in [0.1, 0.15) is 26.7 Å². The summed E-state index contributed by atoms with van der Waals surface area (Å²) in [6, 6.07) is 10.1. The van der Waals surface area contributed by atoms with E-state index < -0.39 is 0 Å². The van der Waals surface area contributed by atoms with Crippen molar-refractivity contribution in [3.8, 4) is 0 Å². The van der Waals surface area contributed by atoms with Gasteiger partial charge in [-0.15, -0.1) is 0 Å². The molecular weight excluding hydrogens is 280 g/mol. The number of carbonyl (C=O) groups excluding carboxylic acids is 2. The first-order chi connectivity index (χ1) is 10.6. The van der Waals surface area contributed by atoms with Crippen LogP contribution in [0.15, 0.2) is 36.5 Å². The van der Waals surface area contributed by atoms with E-state index in [0.29, 0.717) is 6.54 Å². The van der Waals surface area contributed by atoms with E-state index in [0.717, 1.165) is 17.3 Å². The second-order valence-electron chi connectivity index (χ2n) is 5.36. The molecule has 0 spiro atoms. The highest BCUT2D eigenvalue weighted by Gasteiger charge is 2.10. The number of aryl methyl sites for hydroxylation is 1. The van der Waals surface area contributed by atoms with Gasteiger partial charge in [0.25, 0.3) is 5.91 Å². The van der Waals surface area contributed by atoms with Gasteiger partial charge in [0.2, 0.25) is 0 Å². The molecule has 1 aromatic heterocycles. The van der Waals surface area contributed by atoms with E-state index in [-0.39, 0.29) is 30.9 Å². The van der Waals surface area contributed by atoms with Crippen LogP contribution < -0.4 is 5.32 Å². The SMILES string of the molecule is CCC(C)NC(=O)COC(=O)CCn1ccc2ccccc21. The molecule has 0 radical (unpaired) electrons. The molecule has 5 heteroatoms. The lowest BCUT2D eigenvalue weighted by Crippen LogP contribution is -2.35. The minimum Gasteiger partial charge on any atom is -0.456 e. The van der Waals surface area contributed by atoms with Crippen molar-refractivity contribution in [2.45, 2.75) is 39.3 Å². The van der Waals surface area contributed by atoms with Crippen LogP contribution >= 0.6 is 0 Å². The molecule has 2 rings (SSSR count). The second kappa shape index (κ2) is 7.64. The Balaban J connectivity index is 1.77. The Bertz CT molecular complexity index is 648. The van der Waals surface area contributed by atoms with Gasteiger partial charge in [-0.05, 0) is 30.9 Å². The standard InChI is InChI=1S/C17H22N2O3/c1-3-13(2)18-16(20)12-22-17(21)9-11-19-10-8-14-6-4-5-7-15(14)19/h4-8,10,13H,3,9,11-12H2,1-2H3,(H,18,20). The number of hydrogen-bond acceptors (Lipinski definition) is 3. The van der Waals surface area contributed by atoms with Gasteiger partial charge < -0.3 is 14.6 Å². The smallest absolute Gasteiger partial charge is 0.308 e. The number of fused-ring (bicyclic) bond motifs is 1. The topological polar surface area (TPSA) is 60.3 Å². The summed E-state index contributed by atoms with van der Waals surface area (Å²) >= 11 is 0. The van der Waals surface area contributed by atoms with E-state index in [1.807, 2.05) is 54.9 Å². The second-order valence-corrected chi connectivity index (χ2v) is 5.36. The summed E-state index contributed by atoms with van der Waals surface area (Å²) < 4.78 is 7.00. The fourth-order valence-corrected chi connectivity index (χ4v) is 2.18. The number of ether oxygens (including phenoxy) is 1. The van der Waals surface area contributed by atoms with Crippen LogP contribution in [-0.4, -0.2) is 29.1 Å². The van der Waals surface area contributed by atoms with Crippen LogP contribution in [0.4, 0.5) is 0 Å². The van der Waals surface area contributed by atoms with Gasteiger partial charge in [-0.1, -0.05) is 25.1 Å². The van der Waals surface area contributed by atoms with E-state index >= 15 is 0 Å². The lowest BCUT2D eigenvalue weighted by Gasteiger charge is -2.11. The normalized spacial score (nSPS) is 12.1. The number of nitrogens with one attached hydrogen (secondary N) is 1. The fourth-order valence-electron chi connectivity index (χ4n) is 2.18. The summed E-state index contributed by atoms with van der Waals surface area (Å²) in [5, 5.41) is 3.90. The Morgan fingerprint density at radius 2 is 2.05 bits per heavy atom. The van der Waals surface area contributed by atoms with E-state index in [1.165, 1.54) is 0 Å². The molecule has 0 aliphatic heterocycles. The van der Waals surface area contributed by atoms with Gasteiger partial charge >= 0.3 is 5.97 Å². The van der Waals surface area contributed by atoms with Gasteiger partial charge in [-0.25, -0.2) is 0 Å². The van der Waals surface area contributed by atoms with Crippen LogP contribution in [0.3, 0.4) is 0 Å². The molecule has 1 amide bonds. The molecule has 1 heterocycles. The summed E-state index contributed by atoms with van der Waals surface area (Å²) in [7, 11) is 0. The molecule has 1 N–H and O–H groups in total. The van der Waals surface area contributed by atoms with Crippen LogP contribution in [0.5, 0.6) is 0 Å². The number of nitrogens with zero attached hydrogens (tertiary/aromatic N) is 1. The van der Waals surface area contributed by atoms with Crippen LogP contribution in [0.2, 0.25) is 0 Å². The first-order valence-electron chi connectivity index (χ1n) is 7.59. The van der Waals surface area contributed by atoms with Gasteiger partial charge in [-0.3, -0.25) is 9.59 Å². The highest BCUT2D eigenvalue weighted by Crippen LogP contribution is 2.15. The van der Waals surface area contributed by atoms with Gasteiger partial charge in [0.15, 0.2) is 6.61 Å². The average molecular weight is 302 g/mol. The van der Waals surface area contributed by atoms with Crippen molar-refractivity contribution in [3.63, 3.8) is 0 Å². The van der Waals surface area contributed by atoms with E-state index in [2.05, 4.69) is 5.32 Å². The summed E-state index contributed by atoms with van der Waals surface area (Å²) in [6.45, 7) is 4.23. The van der Waals surface area contributed by atoms with Crippen molar-refractivity contribution in [3.05, 3.63) is 36.5 Å². The molecule has 22 heavy (non-hydrogen) atoms. The molecule has 1 aromatic carbocycles. The summed E-state index contributed by atoms with van der Waals surface area (Å²) in [5.74, 6) is -0.619. The fraction of sp³-hybridized carbons (Fsp3) is 0.412. The maximum Gasteiger partial charge on any atom is 0.308 e. The van der Waals surface area contributed by atoms with Crippen molar-refractivity contribution in [1.82, 2.24) is 9.88 Å². The van der Waals surface area contributed by atoms with Gasteiger partial charge in [-0.2, -0.15) is 0 Å². The quantitative estimate of drug-likeness (QED) is 0.799. The Labute approximate surface area is 130 Å². The Morgan fingerprint density at radius 3 is 2.82 bits per heavy atom. The number of carbonyl (C=O) groups is 2. The zero-order chi connectivity index (χ0) is 15.9. The van der Waals surface area contributed by atoms with Crippen molar-refractivity contribution < 1.29 is 14.3 Å². The highest BCUT2D eigenvalue weighted by atomic mass is 16.5. The van der Waals surface area contributed by atoms with E-state index in [1.54, 1.807) is 0 Å². The molecule has 0 aliphatic carbocycles. The lowest BCUT2D eigenvalue weighted by molar-refractivity contribution is -0.148. The zero-order valence-electron chi connectivity index (χ0n) is 13.0. The molecule has 0 aliphatic rings. The number of hydrogen-bond donors (Lipinski definition) is 1.